The predicted molar refractivity (Wildman–Crippen MR) is 76.3 cm³/mol. The number of hydrogen-bond acceptors (Lipinski definition) is 0. The van der Waals surface area contributed by atoms with Gasteiger partial charge < -0.3 is 0 Å². The lowest BCUT2D eigenvalue weighted by Gasteiger charge is -2.23. The van der Waals surface area contributed by atoms with Gasteiger partial charge in [0.05, 0.1) is 0 Å². The van der Waals surface area contributed by atoms with Crippen LogP contribution in [0.4, 0.5) is 0 Å². The van der Waals surface area contributed by atoms with Crippen LogP contribution < -0.4 is 0 Å². The van der Waals surface area contributed by atoms with Gasteiger partial charge in [-0.2, -0.15) is 0 Å². The summed E-state index contributed by atoms with van der Waals surface area (Å²) in [5.41, 5.74) is 3.00. The molecule has 2 aromatic rings. The van der Waals surface area contributed by atoms with Crippen LogP contribution in [0.3, 0.4) is 0 Å². The fourth-order valence-electron chi connectivity index (χ4n) is 2.58. The topological polar surface area (TPSA) is 0 Å². The van der Waals surface area contributed by atoms with Crippen molar-refractivity contribution in [2.75, 3.05) is 0 Å². The van der Waals surface area contributed by atoms with Crippen molar-refractivity contribution in [3.63, 3.8) is 0 Å². The third-order valence-corrected chi connectivity index (χ3v) is 4.97. The van der Waals surface area contributed by atoms with E-state index in [1.165, 1.54) is 45.6 Å². The quantitative estimate of drug-likeness (QED) is 0.565. The Kier molecular flexibility index (Phi) is 2.80. The number of hydrogen-bond donors (Lipinski definition) is 0. The first-order valence-corrected chi connectivity index (χ1v) is 7.32. The van der Waals surface area contributed by atoms with Crippen LogP contribution in [0.1, 0.15) is 28.8 Å². The Morgan fingerprint density at radius 3 is 2.69 bits per heavy atom. The lowest BCUT2D eigenvalue weighted by Crippen LogP contribution is -2.05. The highest BCUT2D eigenvalue weighted by Gasteiger charge is 2.20. The van der Waals surface area contributed by atoms with Crippen LogP contribution >= 0.6 is 31.9 Å². The summed E-state index contributed by atoms with van der Waals surface area (Å²) in [6.07, 6.45) is 3.75. The van der Waals surface area contributed by atoms with Crippen LogP contribution in [-0.2, 0) is 6.42 Å². The summed E-state index contributed by atoms with van der Waals surface area (Å²) in [7, 11) is 0. The van der Waals surface area contributed by atoms with Crippen LogP contribution in [0.2, 0.25) is 0 Å². The van der Waals surface area contributed by atoms with Crippen LogP contribution in [0.5, 0.6) is 0 Å². The van der Waals surface area contributed by atoms with Crippen molar-refractivity contribution in [2.45, 2.75) is 24.1 Å². The van der Waals surface area contributed by atoms with Crippen molar-refractivity contribution >= 4 is 42.6 Å². The molecule has 1 atom stereocenters. The van der Waals surface area contributed by atoms with Crippen LogP contribution in [0.15, 0.2) is 34.8 Å². The SMILES string of the molecule is Brc1cc2c(c3ccccc13)CCCC2Br. The molecule has 1 unspecified atom stereocenters. The maximum atomic E-state index is 3.79. The van der Waals surface area contributed by atoms with E-state index < -0.39 is 0 Å². The summed E-state index contributed by atoms with van der Waals surface area (Å²) in [6.45, 7) is 0. The zero-order chi connectivity index (χ0) is 11.1. The molecule has 0 aliphatic heterocycles. The van der Waals surface area contributed by atoms with Gasteiger partial charge in [0.2, 0.25) is 0 Å². The molecule has 2 heteroatoms. The molecule has 2 aromatic carbocycles. The van der Waals surface area contributed by atoms with E-state index in [0.717, 1.165) is 0 Å². The number of aryl methyl sites for hydroxylation is 1. The van der Waals surface area contributed by atoms with Crippen molar-refractivity contribution in [3.05, 3.63) is 45.9 Å². The highest BCUT2D eigenvalue weighted by molar-refractivity contribution is 9.10. The summed E-state index contributed by atoms with van der Waals surface area (Å²) in [5, 5.41) is 2.75. The minimum atomic E-state index is 0.525. The molecule has 0 bridgehead atoms. The summed E-state index contributed by atoms with van der Waals surface area (Å²) >= 11 is 7.47. The molecule has 0 heterocycles. The van der Waals surface area contributed by atoms with Crippen molar-refractivity contribution in [2.24, 2.45) is 0 Å². The smallest absolute Gasteiger partial charge is 0.0398 e. The van der Waals surface area contributed by atoms with E-state index in [9.17, 15) is 0 Å². The Morgan fingerprint density at radius 2 is 1.88 bits per heavy atom. The van der Waals surface area contributed by atoms with E-state index in [-0.39, 0.29) is 0 Å². The molecule has 16 heavy (non-hydrogen) atoms. The van der Waals surface area contributed by atoms with Gasteiger partial charge in [0, 0.05) is 9.30 Å². The molecule has 0 N–H and O–H groups in total. The van der Waals surface area contributed by atoms with Crippen molar-refractivity contribution < 1.29 is 0 Å². The van der Waals surface area contributed by atoms with Crippen molar-refractivity contribution in [3.8, 4) is 0 Å². The van der Waals surface area contributed by atoms with Crippen LogP contribution in [0, 0.1) is 0 Å². The molecule has 0 fully saturated rings. The largest absolute Gasteiger partial charge is 0.0839 e. The molecular formula is C14H12Br2. The molecule has 0 aromatic heterocycles. The third kappa shape index (κ3) is 1.63. The number of alkyl halides is 1. The molecule has 0 spiro atoms. The second-order valence-corrected chi connectivity index (χ2v) is 6.29. The first kappa shape index (κ1) is 10.8. The monoisotopic (exact) mass is 338 g/mol. The fourth-order valence-corrected chi connectivity index (χ4v) is 3.91. The maximum Gasteiger partial charge on any atom is 0.0398 e. The second kappa shape index (κ2) is 4.15. The standard InChI is InChI=1S/C14H12Br2/c15-13-7-3-6-10-9-4-1-2-5-11(9)14(16)8-12(10)13/h1-2,4-5,8,13H,3,6-7H2. The highest BCUT2D eigenvalue weighted by atomic mass is 79.9. The minimum absolute atomic E-state index is 0.525. The third-order valence-electron chi connectivity index (χ3n) is 3.36. The Hall–Kier alpha value is -0.340. The molecule has 3 rings (SSSR count). The van der Waals surface area contributed by atoms with Gasteiger partial charge in [-0.15, -0.1) is 0 Å². The molecule has 0 saturated carbocycles. The molecule has 0 radical (unpaired) electrons. The van der Waals surface area contributed by atoms with Gasteiger partial charge >= 0.3 is 0 Å². The second-order valence-electron chi connectivity index (χ2n) is 4.33. The van der Waals surface area contributed by atoms with Crippen molar-refractivity contribution in [1.29, 1.82) is 0 Å². The normalized spacial score (nSPS) is 19.8. The van der Waals surface area contributed by atoms with E-state index >= 15 is 0 Å². The molecule has 1 aliphatic carbocycles. The average molecular weight is 340 g/mol. The van der Waals surface area contributed by atoms with Crippen LogP contribution in [0.25, 0.3) is 10.8 Å². The van der Waals surface area contributed by atoms with Gasteiger partial charge in [-0.25, -0.2) is 0 Å². The lowest BCUT2D eigenvalue weighted by molar-refractivity contribution is 0.685. The van der Waals surface area contributed by atoms with Gasteiger partial charge in [0.1, 0.15) is 0 Å². The molecule has 82 valence electrons. The van der Waals surface area contributed by atoms with Gasteiger partial charge in [-0.05, 0) is 47.2 Å². The number of rotatable bonds is 0. The predicted octanol–water partition coefficient (Wildman–Crippen LogP) is 5.37. The number of halogens is 2. The van der Waals surface area contributed by atoms with Gasteiger partial charge in [-0.3, -0.25) is 0 Å². The van der Waals surface area contributed by atoms with E-state index in [2.05, 4.69) is 62.2 Å². The van der Waals surface area contributed by atoms with Crippen molar-refractivity contribution in [1.82, 2.24) is 0 Å². The lowest BCUT2D eigenvalue weighted by atomic mass is 9.88. The van der Waals surface area contributed by atoms with E-state index in [1.54, 1.807) is 0 Å². The fraction of sp³-hybridized carbons (Fsp3) is 0.286. The molecule has 0 nitrogen and oxygen atoms in total. The summed E-state index contributed by atoms with van der Waals surface area (Å²) in [4.78, 5) is 0.525. The Morgan fingerprint density at radius 1 is 1.12 bits per heavy atom. The average Bonchev–Trinajstić information content (AvgIpc) is 2.31. The molecule has 0 saturated heterocycles. The Balaban J connectivity index is 2.38. The number of fused-ring (bicyclic) bond motifs is 3. The zero-order valence-electron chi connectivity index (χ0n) is 8.84. The van der Waals surface area contributed by atoms with E-state index in [4.69, 9.17) is 0 Å². The highest BCUT2D eigenvalue weighted by Crippen LogP contribution is 2.41. The summed E-state index contributed by atoms with van der Waals surface area (Å²) in [5.74, 6) is 0. The Bertz CT molecular complexity index is 546. The van der Waals surface area contributed by atoms with E-state index in [1.807, 2.05) is 0 Å². The van der Waals surface area contributed by atoms with Gasteiger partial charge in [0.15, 0.2) is 0 Å². The molecule has 1 aliphatic rings. The van der Waals surface area contributed by atoms with E-state index in [0.29, 0.717) is 4.83 Å². The molecule has 0 amide bonds. The first-order chi connectivity index (χ1) is 7.77. The molecular weight excluding hydrogens is 328 g/mol. The van der Waals surface area contributed by atoms with Gasteiger partial charge in [-0.1, -0.05) is 56.1 Å². The number of benzene rings is 2. The van der Waals surface area contributed by atoms with Gasteiger partial charge in [0.25, 0.3) is 0 Å². The van der Waals surface area contributed by atoms with Crippen LogP contribution in [-0.4, -0.2) is 0 Å². The zero-order valence-corrected chi connectivity index (χ0v) is 12.0. The first-order valence-electron chi connectivity index (χ1n) is 5.61. The summed E-state index contributed by atoms with van der Waals surface area (Å²) in [6, 6.07) is 11.0. The minimum Gasteiger partial charge on any atom is -0.0839 e. The Labute approximate surface area is 112 Å². The maximum absolute atomic E-state index is 3.79. The summed E-state index contributed by atoms with van der Waals surface area (Å²) < 4.78 is 1.22.